The molecule has 0 aromatic heterocycles. The van der Waals surface area contributed by atoms with E-state index in [1.807, 2.05) is 0 Å². The fourth-order valence-electron chi connectivity index (χ4n) is 5.45. The molecule has 2 aliphatic carbocycles. The molecule has 0 radical (unpaired) electrons. The van der Waals surface area contributed by atoms with Gasteiger partial charge in [-0.25, -0.2) is 8.78 Å². The first kappa shape index (κ1) is 16.2. The Kier molecular flexibility index (Phi) is 4.18. The molecule has 2 heterocycles. The minimum atomic E-state index is -2.68. The summed E-state index contributed by atoms with van der Waals surface area (Å²) in [5.41, 5.74) is 6.01. The average Bonchev–Trinajstić information content (AvgIpc) is 3.27. The van der Waals surface area contributed by atoms with E-state index in [9.17, 15) is 8.78 Å². The van der Waals surface area contributed by atoms with Crippen molar-refractivity contribution < 1.29 is 8.78 Å². The molecule has 2 bridgehead atoms. The van der Waals surface area contributed by atoms with Gasteiger partial charge in [0, 0.05) is 37.1 Å². The molecule has 23 heavy (non-hydrogen) atoms. The highest BCUT2D eigenvalue weighted by Crippen LogP contribution is 2.44. The lowest BCUT2D eigenvalue weighted by Gasteiger charge is -2.50. The first-order chi connectivity index (χ1) is 11.0. The monoisotopic (exact) mass is 327 g/mol. The molecule has 0 spiro atoms. The zero-order valence-electron chi connectivity index (χ0n) is 14.3. The molecule has 2 N–H and O–H groups in total. The van der Waals surface area contributed by atoms with Crippen LogP contribution in [0.15, 0.2) is 0 Å². The Balaban J connectivity index is 1.43. The van der Waals surface area contributed by atoms with Crippen molar-refractivity contribution in [1.82, 2.24) is 9.80 Å². The van der Waals surface area contributed by atoms with Gasteiger partial charge in [-0.3, -0.25) is 4.90 Å². The fourth-order valence-corrected chi connectivity index (χ4v) is 5.45. The van der Waals surface area contributed by atoms with Crippen LogP contribution in [0.4, 0.5) is 8.78 Å². The highest BCUT2D eigenvalue weighted by molar-refractivity contribution is 5.06. The third-order valence-corrected chi connectivity index (χ3v) is 6.93. The van der Waals surface area contributed by atoms with E-state index in [1.54, 1.807) is 0 Å². The molecule has 3 nitrogen and oxygen atoms in total. The number of halogens is 2. The van der Waals surface area contributed by atoms with E-state index in [4.69, 9.17) is 5.73 Å². The fraction of sp³-hybridized carbons (Fsp3) is 1.00. The SMILES string of the molecule is CN(CC1CC1)C1CC2CC[C@@H](C1)N2[C@H]1CCCC(F)(F)[C@@H]1N. The summed E-state index contributed by atoms with van der Waals surface area (Å²) in [5, 5.41) is 0. The van der Waals surface area contributed by atoms with Crippen molar-refractivity contribution in [2.24, 2.45) is 11.7 Å². The summed E-state index contributed by atoms with van der Waals surface area (Å²) in [6.45, 7) is 1.23. The zero-order chi connectivity index (χ0) is 16.2. The van der Waals surface area contributed by atoms with Gasteiger partial charge in [-0.2, -0.15) is 0 Å². The first-order valence-corrected chi connectivity index (χ1v) is 9.57. The maximum absolute atomic E-state index is 14.1. The van der Waals surface area contributed by atoms with Gasteiger partial charge in [-0.05, 0) is 64.3 Å². The second-order valence-electron chi connectivity index (χ2n) is 8.59. The molecule has 2 unspecified atom stereocenters. The standard InChI is InChI=1S/C18H31F2N3/c1-22(11-12-4-5-12)15-9-13-6-7-14(10-15)23(13)16-3-2-8-18(19,20)17(16)21/h12-17H,2-11,21H2,1H3/t13-,14?,15?,16-,17+/m0/s1. The average molecular weight is 327 g/mol. The van der Waals surface area contributed by atoms with Crippen molar-refractivity contribution in [1.29, 1.82) is 0 Å². The Bertz CT molecular complexity index is 426. The Morgan fingerprint density at radius 3 is 2.35 bits per heavy atom. The maximum Gasteiger partial charge on any atom is 0.264 e. The third kappa shape index (κ3) is 3.05. The molecule has 132 valence electrons. The normalized spacial score (nSPS) is 44.0. The van der Waals surface area contributed by atoms with Crippen LogP contribution in [0.2, 0.25) is 0 Å². The summed E-state index contributed by atoms with van der Waals surface area (Å²) in [6, 6.07) is 0.520. The first-order valence-electron chi connectivity index (χ1n) is 9.57. The molecule has 0 aromatic rings. The number of nitrogens with two attached hydrogens (primary N) is 1. The topological polar surface area (TPSA) is 32.5 Å². The van der Waals surface area contributed by atoms with Crippen LogP contribution in [0.1, 0.15) is 57.8 Å². The van der Waals surface area contributed by atoms with Gasteiger partial charge in [0.05, 0.1) is 6.04 Å². The Labute approximate surface area is 138 Å². The number of nitrogens with zero attached hydrogens (tertiary/aromatic N) is 2. The van der Waals surface area contributed by atoms with E-state index in [1.165, 1.54) is 32.2 Å². The van der Waals surface area contributed by atoms with Crippen molar-refractivity contribution in [3.8, 4) is 0 Å². The summed E-state index contributed by atoms with van der Waals surface area (Å²) >= 11 is 0. The van der Waals surface area contributed by atoms with Crippen LogP contribution < -0.4 is 5.73 Å². The molecule has 2 aliphatic heterocycles. The number of hydrogen-bond donors (Lipinski definition) is 1. The second kappa shape index (κ2) is 5.92. The molecular formula is C18H31F2N3. The van der Waals surface area contributed by atoms with Gasteiger partial charge in [-0.15, -0.1) is 0 Å². The van der Waals surface area contributed by atoms with Crippen LogP contribution in [-0.4, -0.2) is 59.5 Å². The van der Waals surface area contributed by atoms with E-state index < -0.39 is 12.0 Å². The maximum atomic E-state index is 14.1. The molecule has 2 saturated heterocycles. The molecule has 4 aliphatic rings. The minimum Gasteiger partial charge on any atom is -0.321 e. The van der Waals surface area contributed by atoms with Crippen LogP contribution in [0.3, 0.4) is 0 Å². The summed E-state index contributed by atoms with van der Waals surface area (Å²) in [4.78, 5) is 4.98. The van der Waals surface area contributed by atoms with E-state index in [-0.39, 0.29) is 12.5 Å². The lowest BCUT2D eigenvalue weighted by molar-refractivity contribution is -0.0978. The predicted molar refractivity (Wildman–Crippen MR) is 87.6 cm³/mol. The van der Waals surface area contributed by atoms with Crippen molar-refractivity contribution in [2.45, 2.75) is 93.9 Å². The number of alkyl halides is 2. The van der Waals surface area contributed by atoms with Crippen molar-refractivity contribution >= 4 is 0 Å². The molecule has 0 amide bonds. The molecule has 4 rings (SSSR count). The molecule has 0 aromatic carbocycles. The molecule has 5 atom stereocenters. The number of piperidine rings is 1. The van der Waals surface area contributed by atoms with E-state index in [2.05, 4.69) is 16.8 Å². The van der Waals surface area contributed by atoms with Gasteiger partial charge in [0.2, 0.25) is 0 Å². The highest BCUT2D eigenvalue weighted by Gasteiger charge is 2.52. The Hall–Kier alpha value is -0.260. The third-order valence-electron chi connectivity index (χ3n) is 6.93. The lowest BCUT2D eigenvalue weighted by Crippen LogP contribution is -2.63. The second-order valence-corrected chi connectivity index (χ2v) is 8.59. The summed E-state index contributed by atoms with van der Waals surface area (Å²) in [5.74, 6) is -1.76. The van der Waals surface area contributed by atoms with Crippen molar-refractivity contribution in [3.05, 3.63) is 0 Å². The van der Waals surface area contributed by atoms with E-state index >= 15 is 0 Å². The molecule has 5 heteroatoms. The zero-order valence-corrected chi connectivity index (χ0v) is 14.3. The molecule has 2 saturated carbocycles. The van der Waals surface area contributed by atoms with E-state index in [0.29, 0.717) is 24.5 Å². The molecule has 4 fully saturated rings. The van der Waals surface area contributed by atoms with Crippen molar-refractivity contribution in [3.63, 3.8) is 0 Å². The van der Waals surface area contributed by atoms with Crippen LogP contribution >= 0.6 is 0 Å². The number of rotatable bonds is 4. The highest BCUT2D eigenvalue weighted by atomic mass is 19.3. The van der Waals surface area contributed by atoms with Crippen LogP contribution in [0, 0.1) is 5.92 Å². The van der Waals surface area contributed by atoms with Gasteiger partial charge in [0.1, 0.15) is 0 Å². The lowest BCUT2D eigenvalue weighted by atomic mass is 9.83. The Morgan fingerprint density at radius 2 is 1.74 bits per heavy atom. The smallest absolute Gasteiger partial charge is 0.264 e. The summed E-state index contributed by atoms with van der Waals surface area (Å²) in [7, 11) is 2.26. The summed E-state index contributed by atoms with van der Waals surface area (Å²) in [6.07, 6.45) is 8.87. The van der Waals surface area contributed by atoms with Crippen molar-refractivity contribution in [2.75, 3.05) is 13.6 Å². The quantitative estimate of drug-likeness (QED) is 0.862. The van der Waals surface area contributed by atoms with Gasteiger partial charge >= 0.3 is 0 Å². The van der Waals surface area contributed by atoms with Crippen LogP contribution in [-0.2, 0) is 0 Å². The van der Waals surface area contributed by atoms with Gasteiger partial charge < -0.3 is 10.6 Å². The Morgan fingerprint density at radius 1 is 1.09 bits per heavy atom. The largest absolute Gasteiger partial charge is 0.321 e. The summed E-state index contributed by atoms with van der Waals surface area (Å²) < 4.78 is 28.1. The number of hydrogen-bond acceptors (Lipinski definition) is 3. The number of fused-ring (bicyclic) bond motifs is 2. The van der Waals surface area contributed by atoms with Gasteiger partial charge in [0.15, 0.2) is 0 Å². The van der Waals surface area contributed by atoms with Crippen LogP contribution in [0.5, 0.6) is 0 Å². The molecular weight excluding hydrogens is 296 g/mol. The van der Waals surface area contributed by atoms with Gasteiger partial charge in [-0.1, -0.05) is 0 Å². The van der Waals surface area contributed by atoms with Gasteiger partial charge in [0.25, 0.3) is 5.92 Å². The van der Waals surface area contributed by atoms with Crippen LogP contribution in [0.25, 0.3) is 0 Å². The minimum absolute atomic E-state index is 0.0272. The van der Waals surface area contributed by atoms with E-state index in [0.717, 1.165) is 25.2 Å². The predicted octanol–water partition coefficient (Wildman–Crippen LogP) is 2.84.